The van der Waals surface area contributed by atoms with E-state index < -0.39 is 0 Å². The summed E-state index contributed by atoms with van der Waals surface area (Å²) < 4.78 is 0. The molecule has 7 rings (SSSR count). The lowest BCUT2D eigenvalue weighted by atomic mass is 9.77. The van der Waals surface area contributed by atoms with E-state index in [9.17, 15) is 0 Å². The van der Waals surface area contributed by atoms with E-state index in [-0.39, 0.29) is 10.8 Å². The van der Waals surface area contributed by atoms with E-state index in [4.69, 9.17) is 0 Å². The fourth-order valence-electron chi connectivity index (χ4n) is 7.63. The van der Waals surface area contributed by atoms with Gasteiger partial charge in [0.25, 0.3) is 0 Å². The second kappa shape index (κ2) is 9.80. The van der Waals surface area contributed by atoms with Crippen molar-refractivity contribution in [1.82, 2.24) is 0 Å². The lowest BCUT2D eigenvalue weighted by molar-refractivity contribution is 0.595. The van der Waals surface area contributed by atoms with Crippen molar-refractivity contribution in [2.45, 2.75) is 92.9 Å². The number of allylic oxidation sites excluding steroid dienone is 4. The summed E-state index contributed by atoms with van der Waals surface area (Å²) in [6, 6.07) is 26.6. The van der Waals surface area contributed by atoms with Gasteiger partial charge in [0.2, 0.25) is 0 Å². The molecule has 0 spiro atoms. The molecular weight excluding hydrogens is 528 g/mol. The first-order valence-electron chi connectivity index (χ1n) is 16.4. The van der Waals surface area contributed by atoms with Gasteiger partial charge in [0.1, 0.15) is 0 Å². The summed E-state index contributed by atoms with van der Waals surface area (Å²) in [5, 5.41) is 11.1. The summed E-state index contributed by atoms with van der Waals surface area (Å²) >= 11 is 0. The van der Waals surface area contributed by atoms with E-state index in [0.717, 1.165) is 12.8 Å². The maximum Gasteiger partial charge on any atom is -0.00230 e. The van der Waals surface area contributed by atoms with Gasteiger partial charge in [-0.15, -0.1) is 0 Å². The van der Waals surface area contributed by atoms with Crippen molar-refractivity contribution in [3.63, 3.8) is 0 Å². The van der Waals surface area contributed by atoms with Crippen LogP contribution in [0.15, 0.2) is 84.0 Å². The SMILES string of the molecule is CC1=C(C)CCC(c2cc3c(C(C)(C)C)ccc4c5cc(-c6ccc(C)c(C)c6)cc6c(C(C)(C)C)ccc(c(c2)c34)c65)=C1. The standard InChI is InChI=1S/C44H46/c1-25-11-13-29(19-27(25)3)31-21-35-33-15-18-40(44(8,9)10)38-24-32(30-14-12-26(2)28(4)20-30)22-36(42(33)38)34-16-17-39(43(5,6)7)37(23-31)41(34)35/h11,13,15-24H,12,14H2,1-10H3. The van der Waals surface area contributed by atoms with Crippen LogP contribution in [0, 0.1) is 13.8 Å². The number of aryl methyl sites for hydroxylation is 2. The highest BCUT2D eigenvalue weighted by atomic mass is 14.3. The minimum atomic E-state index is 0.0276. The Labute approximate surface area is 263 Å². The third-order valence-corrected chi connectivity index (χ3v) is 10.5. The molecule has 0 aliphatic heterocycles. The summed E-state index contributed by atoms with van der Waals surface area (Å²) in [6.07, 6.45) is 4.69. The lowest BCUT2D eigenvalue weighted by Gasteiger charge is -2.27. The number of benzene rings is 6. The minimum Gasteiger partial charge on any atom is -0.0701 e. The molecule has 1 aliphatic carbocycles. The van der Waals surface area contributed by atoms with Crippen LogP contribution in [0.4, 0.5) is 0 Å². The molecule has 0 heterocycles. The molecule has 6 aromatic rings. The number of rotatable bonds is 2. The summed E-state index contributed by atoms with van der Waals surface area (Å²) in [4.78, 5) is 0. The van der Waals surface area contributed by atoms with E-state index >= 15 is 0 Å². The Balaban J connectivity index is 1.68. The first kappa shape index (κ1) is 28.8. The molecule has 1 aliphatic rings. The second-order valence-corrected chi connectivity index (χ2v) is 15.6. The van der Waals surface area contributed by atoms with Crippen LogP contribution in [0.25, 0.3) is 59.8 Å². The zero-order valence-corrected chi connectivity index (χ0v) is 28.3. The molecule has 0 fully saturated rings. The van der Waals surface area contributed by atoms with Crippen molar-refractivity contribution >= 4 is 48.7 Å². The van der Waals surface area contributed by atoms with Crippen molar-refractivity contribution in [2.24, 2.45) is 0 Å². The highest BCUT2D eigenvalue weighted by molar-refractivity contribution is 6.34. The summed E-state index contributed by atoms with van der Waals surface area (Å²) in [6.45, 7) is 23.1. The molecule has 0 heteroatoms. The summed E-state index contributed by atoms with van der Waals surface area (Å²) in [7, 11) is 0. The van der Waals surface area contributed by atoms with Gasteiger partial charge in [0.15, 0.2) is 0 Å². The Morgan fingerprint density at radius 3 is 1.50 bits per heavy atom. The number of hydrogen-bond acceptors (Lipinski definition) is 0. The predicted octanol–water partition coefficient (Wildman–Crippen LogP) is 13.1. The molecule has 0 bridgehead atoms. The topological polar surface area (TPSA) is 0 Å². The van der Waals surface area contributed by atoms with Crippen LogP contribution in [-0.4, -0.2) is 0 Å². The van der Waals surface area contributed by atoms with E-state index in [2.05, 4.69) is 142 Å². The maximum atomic E-state index is 2.52. The number of fused-ring (bicyclic) bond motifs is 2. The molecule has 0 saturated heterocycles. The Hall–Kier alpha value is -3.90. The third kappa shape index (κ3) is 4.49. The van der Waals surface area contributed by atoms with E-state index in [1.807, 2.05) is 0 Å². The van der Waals surface area contributed by atoms with Crippen LogP contribution in [0.1, 0.15) is 96.0 Å². The molecule has 0 unspecified atom stereocenters. The zero-order valence-electron chi connectivity index (χ0n) is 28.3. The van der Waals surface area contributed by atoms with Gasteiger partial charge in [0.05, 0.1) is 0 Å². The van der Waals surface area contributed by atoms with Crippen LogP contribution in [0.3, 0.4) is 0 Å². The molecule has 0 aromatic heterocycles. The van der Waals surface area contributed by atoms with Gasteiger partial charge >= 0.3 is 0 Å². The minimum absolute atomic E-state index is 0.0276. The van der Waals surface area contributed by atoms with Gasteiger partial charge < -0.3 is 0 Å². The van der Waals surface area contributed by atoms with Crippen molar-refractivity contribution < 1.29 is 0 Å². The van der Waals surface area contributed by atoms with Gasteiger partial charge in [-0.1, -0.05) is 101 Å². The average Bonchev–Trinajstić information content (AvgIpc) is 2.96. The lowest BCUT2D eigenvalue weighted by Crippen LogP contribution is -2.13. The highest BCUT2D eigenvalue weighted by Crippen LogP contribution is 2.48. The second-order valence-electron chi connectivity index (χ2n) is 15.6. The van der Waals surface area contributed by atoms with Crippen molar-refractivity contribution in [1.29, 1.82) is 0 Å². The smallest absolute Gasteiger partial charge is 0.00230 e. The fourth-order valence-corrected chi connectivity index (χ4v) is 7.63. The first-order valence-corrected chi connectivity index (χ1v) is 16.4. The van der Waals surface area contributed by atoms with Crippen LogP contribution in [0.2, 0.25) is 0 Å². The largest absolute Gasteiger partial charge is 0.0701 e. The molecule has 0 atom stereocenters. The van der Waals surface area contributed by atoms with Gasteiger partial charge in [-0.05, 0) is 163 Å². The molecular formula is C44H46. The predicted molar refractivity (Wildman–Crippen MR) is 196 cm³/mol. The van der Waals surface area contributed by atoms with Crippen LogP contribution in [0.5, 0.6) is 0 Å². The Morgan fingerprint density at radius 2 is 0.977 bits per heavy atom. The Morgan fingerprint density at radius 1 is 0.455 bits per heavy atom. The average molecular weight is 575 g/mol. The number of hydrogen-bond donors (Lipinski definition) is 0. The summed E-state index contributed by atoms with van der Waals surface area (Å²) in [5.41, 5.74) is 14.0. The van der Waals surface area contributed by atoms with E-state index in [0.29, 0.717) is 0 Å². The van der Waals surface area contributed by atoms with Crippen molar-refractivity contribution in [2.75, 3.05) is 0 Å². The van der Waals surface area contributed by atoms with Gasteiger partial charge in [-0.3, -0.25) is 0 Å². The Bertz CT molecular complexity index is 2200. The van der Waals surface area contributed by atoms with Crippen LogP contribution in [-0.2, 0) is 10.8 Å². The normalized spacial score (nSPS) is 14.9. The van der Waals surface area contributed by atoms with E-state index in [1.54, 1.807) is 0 Å². The van der Waals surface area contributed by atoms with Crippen LogP contribution >= 0.6 is 0 Å². The monoisotopic (exact) mass is 574 g/mol. The first-order chi connectivity index (χ1) is 20.7. The molecule has 6 aromatic carbocycles. The van der Waals surface area contributed by atoms with Gasteiger partial charge in [-0.25, -0.2) is 0 Å². The molecule has 0 saturated carbocycles. The van der Waals surface area contributed by atoms with Crippen LogP contribution < -0.4 is 0 Å². The summed E-state index contributed by atoms with van der Waals surface area (Å²) in [5.74, 6) is 0. The quantitative estimate of drug-likeness (QED) is 0.142. The zero-order chi connectivity index (χ0) is 31.3. The fraction of sp³-hybridized carbons (Fsp3) is 0.318. The molecule has 222 valence electrons. The van der Waals surface area contributed by atoms with Crippen molar-refractivity contribution in [3.05, 3.63) is 112 Å². The maximum absolute atomic E-state index is 2.52. The molecule has 0 nitrogen and oxygen atoms in total. The molecule has 0 radical (unpaired) electrons. The molecule has 0 amide bonds. The Kier molecular flexibility index (Phi) is 6.43. The van der Waals surface area contributed by atoms with E-state index in [1.165, 1.54) is 98.8 Å². The van der Waals surface area contributed by atoms with Gasteiger partial charge in [0, 0.05) is 0 Å². The molecule has 0 N–H and O–H groups in total. The highest BCUT2D eigenvalue weighted by Gasteiger charge is 2.25. The third-order valence-electron chi connectivity index (χ3n) is 10.5. The van der Waals surface area contributed by atoms with Crippen molar-refractivity contribution in [3.8, 4) is 11.1 Å². The van der Waals surface area contributed by atoms with Gasteiger partial charge in [-0.2, -0.15) is 0 Å². The molecule has 44 heavy (non-hydrogen) atoms.